The van der Waals surface area contributed by atoms with E-state index in [-0.39, 0.29) is 17.7 Å². The van der Waals surface area contributed by atoms with Gasteiger partial charge in [0.2, 0.25) is 11.8 Å². The first-order chi connectivity index (χ1) is 11.1. The summed E-state index contributed by atoms with van der Waals surface area (Å²) in [5.41, 5.74) is 7.81. The molecule has 126 valence electrons. The summed E-state index contributed by atoms with van der Waals surface area (Å²) < 4.78 is 0. The Bertz CT molecular complexity index is 525. The molecule has 0 spiro atoms. The number of anilines is 1. The first kappa shape index (κ1) is 17.5. The van der Waals surface area contributed by atoms with Gasteiger partial charge in [0.1, 0.15) is 0 Å². The fourth-order valence-corrected chi connectivity index (χ4v) is 3.19. The molecule has 0 aliphatic carbocycles. The van der Waals surface area contributed by atoms with Crippen LogP contribution in [-0.4, -0.2) is 23.3 Å². The van der Waals surface area contributed by atoms with E-state index in [9.17, 15) is 9.59 Å². The Labute approximate surface area is 139 Å². The van der Waals surface area contributed by atoms with Crippen molar-refractivity contribution < 1.29 is 9.59 Å². The van der Waals surface area contributed by atoms with Gasteiger partial charge in [-0.1, -0.05) is 38.3 Å². The molecule has 0 aromatic heterocycles. The number of likely N-dealkylation sites (tertiary alicyclic amines) is 1. The molecular formula is C19H28N2O2. The Morgan fingerprint density at radius 3 is 2.48 bits per heavy atom. The van der Waals surface area contributed by atoms with Crippen LogP contribution in [0.5, 0.6) is 0 Å². The van der Waals surface area contributed by atoms with Gasteiger partial charge in [-0.3, -0.25) is 14.5 Å². The Morgan fingerprint density at radius 1 is 1.09 bits per heavy atom. The normalized spacial score (nSPS) is 18.0. The van der Waals surface area contributed by atoms with Crippen LogP contribution in [0.3, 0.4) is 0 Å². The number of hydrogen-bond donors (Lipinski definition) is 1. The zero-order chi connectivity index (χ0) is 16.7. The van der Waals surface area contributed by atoms with Crippen molar-refractivity contribution >= 4 is 17.5 Å². The van der Waals surface area contributed by atoms with Crippen molar-refractivity contribution in [2.75, 3.05) is 12.3 Å². The van der Waals surface area contributed by atoms with Crippen LogP contribution in [0.2, 0.25) is 0 Å². The molecule has 4 nitrogen and oxygen atoms in total. The Kier molecular flexibility index (Phi) is 6.63. The maximum atomic E-state index is 12.1. The summed E-state index contributed by atoms with van der Waals surface area (Å²) in [6.07, 6.45) is 7.67. The molecule has 1 unspecified atom stereocenters. The van der Waals surface area contributed by atoms with Gasteiger partial charge in [-0.25, -0.2) is 0 Å². The standard InChI is InChI=1S/C19H28N2O2/c1-2-13-21-18(22)14-16(19(21)23)8-6-4-3-5-7-15-9-11-17(20)12-10-15/h9-12,16H,2-8,13-14,20H2,1H3. The monoisotopic (exact) mass is 316 g/mol. The molecule has 1 aliphatic rings. The summed E-state index contributed by atoms with van der Waals surface area (Å²) in [7, 11) is 0. The fraction of sp³-hybridized carbons (Fsp3) is 0.579. The number of unbranched alkanes of at least 4 members (excludes halogenated alkanes) is 3. The number of benzene rings is 1. The van der Waals surface area contributed by atoms with Gasteiger partial charge in [-0.05, 0) is 43.4 Å². The SMILES string of the molecule is CCCN1C(=O)CC(CCCCCCc2ccc(N)cc2)C1=O. The van der Waals surface area contributed by atoms with Gasteiger partial charge < -0.3 is 5.73 Å². The van der Waals surface area contributed by atoms with E-state index < -0.39 is 0 Å². The Hall–Kier alpha value is -1.84. The molecular weight excluding hydrogens is 288 g/mol. The molecule has 2 amide bonds. The lowest BCUT2D eigenvalue weighted by molar-refractivity contribution is -0.139. The number of aryl methyl sites for hydroxylation is 1. The van der Waals surface area contributed by atoms with Crippen LogP contribution in [0.1, 0.15) is 57.4 Å². The zero-order valence-electron chi connectivity index (χ0n) is 14.1. The van der Waals surface area contributed by atoms with Crippen LogP contribution in [-0.2, 0) is 16.0 Å². The molecule has 1 aromatic rings. The average molecular weight is 316 g/mol. The highest BCUT2D eigenvalue weighted by Gasteiger charge is 2.37. The van der Waals surface area contributed by atoms with Crippen LogP contribution in [0.25, 0.3) is 0 Å². The number of nitrogen functional groups attached to an aromatic ring is 1. The summed E-state index contributed by atoms with van der Waals surface area (Å²) >= 11 is 0. The number of carbonyl (C=O) groups is 2. The lowest BCUT2D eigenvalue weighted by Gasteiger charge is -2.13. The second-order valence-electron chi connectivity index (χ2n) is 6.48. The van der Waals surface area contributed by atoms with Gasteiger partial charge >= 0.3 is 0 Å². The van der Waals surface area contributed by atoms with Crippen molar-refractivity contribution in [1.29, 1.82) is 0 Å². The molecule has 1 heterocycles. The molecule has 1 aliphatic heterocycles. The van der Waals surface area contributed by atoms with E-state index in [2.05, 4.69) is 12.1 Å². The summed E-state index contributed by atoms with van der Waals surface area (Å²) in [4.78, 5) is 25.4. The molecule has 2 rings (SSSR count). The molecule has 1 saturated heterocycles. The van der Waals surface area contributed by atoms with Gasteiger partial charge in [0, 0.05) is 24.6 Å². The molecule has 0 radical (unpaired) electrons. The minimum atomic E-state index is -0.0638. The molecule has 2 N–H and O–H groups in total. The van der Waals surface area contributed by atoms with Crippen LogP contribution < -0.4 is 5.73 Å². The fourth-order valence-electron chi connectivity index (χ4n) is 3.19. The maximum absolute atomic E-state index is 12.1. The molecule has 0 saturated carbocycles. The van der Waals surface area contributed by atoms with Crippen LogP contribution >= 0.6 is 0 Å². The number of nitrogens with two attached hydrogens (primary N) is 1. The largest absolute Gasteiger partial charge is 0.399 e. The van der Waals surface area contributed by atoms with Gasteiger partial charge in [0.05, 0.1) is 0 Å². The summed E-state index contributed by atoms with van der Waals surface area (Å²) in [6.45, 7) is 2.57. The highest BCUT2D eigenvalue weighted by atomic mass is 16.2. The topological polar surface area (TPSA) is 63.4 Å². The number of carbonyl (C=O) groups excluding carboxylic acids is 2. The number of imide groups is 1. The third kappa shape index (κ3) is 5.08. The minimum Gasteiger partial charge on any atom is -0.399 e. The van der Waals surface area contributed by atoms with Crippen LogP contribution in [0, 0.1) is 5.92 Å². The van der Waals surface area contributed by atoms with Crippen molar-refractivity contribution in [3.8, 4) is 0 Å². The van der Waals surface area contributed by atoms with Crippen molar-refractivity contribution in [3.05, 3.63) is 29.8 Å². The quantitative estimate of drug-likeness (QED) is 0.430. The van der Waals surface area contributed by atoms with Gasteiger partial charge in [-0.15, -0.1) is 0 Å². The lowest BCUT2D eigenvalue weighted by Crippen LogP contribution is -2.31. The second kappa shape index (κ2) is 8.70. The molecule has 0 bridgehead atoms. The van der Waals surface area contributed by atoms with Crippen molar-refractivity contribution in [2.24, 2.45) is 5.92 Å². The maximum Gasteiger partial charge on any atom is 0.232 e. The number of rotatable bonds is 9. The van der Waals surface area contributed by atoms with E-state index in [0.717, 1.165) is 50.6 Å². The Balaban J connectivity index is 1.60. The zero-order valence-corrected chi connectivity index (χ0v) is 14.1. The predicted molar refractivity (Wildman–Crippen MR) is 92.8 cm³/mol. The van der Waals surface area contributed by atoms with Crippen molar-refractivity contribution in [2.45, 2.75) is 58.3 Å². The second-order valence-corrected chi connectivity index (χ2v) is 6.48. The number of hydrogen-bond acceptors (Lipinski definition) is 3. The van der Waals surface area contributed by atoms with Crippen molar-refractivity contribution in [3.63, 3.8) is 0 Å². The highest BCUT2D eigenvalue weighted by molar-refractivity contribution is 6.03. The predicted octanol–water partition coefficient (Wildman–Crippen LogP) is 3.55. The van der Waals surface area contributed by atoms with Gasteiger partial charge in [-0.2, -0.15) is 0 Å². The van der Waals surface area contributed by atoms with Crippen molar-refractivity contribution in [1.82, 2.24) is 4.90 Å². The van der Waals surface area contributed by atoms with E-state index >= 15 is 0 Å². The third-order valence-electron chi connectivity index (χ3n) is 4.53. The van der Waals surface area contributed by atoms with Gasteiger partial charge in [0.15, 0.2) is 0 Å². The summed E-state index contributed by atoms with van der Waals surface area (Å²) in [6, 6.07) is 8.06. The number of amides is 2. The summed E-state index contributed by atoms with van der Waals surface area (Å²) in [5.74, 6) is 0.00933. The summed E-state index contributed by atoms with van der Waals surface area (Å²) in [5, 5.41) is 0. The highest BCUT2D eigenvalue weighted by Crippen LogP contribution is 2.25. The third-order valence-corrected chi connectivity index (χ3v) is 4.53. The molecule has 23 heavy (non-hydrogen) atoms. The van der Waals surface area contributed by atoms with Crippen LogP contribution in [0.4, 0.5) is 5.69 Å². The lowest BCUT2D eigenvalue weighted by atomic mass is 9.98. The van der Waals surface area contributed by atoms with E-state index in [4.69, 9.17) is 5.73 Å². The first-order valence-corrected chi connectivity index (χ1v) is 8.80. The molecule has 1 fully saturated rings. The van der Waals surface area contributed by atoms with Crippen LogP contribution in [0.15, 0.2) is 24.3 Å². The van der Waals surface area contributed by atoms with E-state index in [1.54, 1.807) is 0 Å². The van der Waals surface area contributed by atoms with E-state index in [1.807, 2.05) is 19.1 Å². The Morgan fingerprint density at radius 2 is 1.78 bits per heavy atom. The van der Waals surface area contributed by atoms with E-state index in [1.165, 1.54) is 10.5 Å². The molecule has 1 atom stereocenters. The molecule has 1 aromatic carbocycles. The van der Waals surface area contributed by atoms with E-state index in [0.29, 0.717) is 13.0 Å². The minimum absolute atomic E-state index is 0.0187. The average Bonchev–Trinajstić information content (AvgIpc) is 2.80. The first-order valence-electron chi connectivity index (χ1n) is 8.80. The smallest absolute Gasteiger partial charge is 0.232 e. The van der Waals surface area contributed by atoms with Gasteiger partial charge in [0.25, 0.3) is 0 Å². The molecule has 4 heteroatoms. The number of nitrogens with zero attached hydrogens (tertiary/aromatic N) is 1.